The molecule has 0 aliphatic carbocycles. The second-order valence-electron chi connectivity index (χ2n) is 8.70. The molecule has 11 nitrogen and oxygen atoms in total. The molecule has 190 valence electrons. The van der Waals surface area contributed by atoms with Crippen LogP contribution in [0.4, 0.5) is 0 Å². The van der Waals surface area contributed by atoms with Crippen molar-refractivity contribution >= 4 is 23.6 Å². The number of rotatable bonds is 11. The predicted molar refractivity (Wildman–Crippen MR) is 127 cm³/mol. The minimum absolute atomic E-state index is 0.197. The van der Waals surface area contributed by atoms with Gasteiger partial charge in [-0.05, 0) is 49.1 Å². The lowest BCUT2D eigenvalue weighted by molar-refractivity contribution is -0.136. The van der Waals surface area contributed by atoms with E-state index in [1.54, 1.807) is 24.3 Å². The fraction of sp³-hybridized carbons (Fsp3) is 0.440. The highest BCUT2D eigenvalue weighted by Gasteiger charge is 2.39. The van der Waals surface area contributed by atoms with Crippen LogP contribution in [0.1, 0.15) is 64.9 Å². The summed E-state index contributed by atoms with van der Waals surface area (Å²) in [6, 6.07) is 7.88. The highest BCUT2D eigenvalue weighted by Crippen LogP contribution is 2.30. The summed E-state index contributed by atoms with van der Waals surface area (Å²) in [6.07, 6.45) is 4.16. The third-order valence-corrected chi connectivity index (χ3v) is 6.20. The average Bonchev–Trinajstić information content (AvgIpc) is 3.20. The highest BCUT2D eigenvalue weighted by molar-refractivity contribution is 6.05. The van der Waals surface area contributed by atoms with E-state index < -0.39 is 11.9 Å². The van der Waals surface area contributed by atoms with Gasteiger partial charge in [-0.1, -0.05) is 12.8 Å². The fourth-order valence-electron chi connectivity index (χ4n) is 4.25. The molecule has 4 amide bonds. The maximum absolute atomic E-state index is 12.8. The van der Waals surface area contributed by atoms with Crippen LogP contribution in [0.25, 0.3) is 0 Å². The van der Waals surface area contributed by atoms with Crippen molar-refractivity contribution in [3.63, 3.8) is 0 Å². The number of benzene rings is 1. The first-order chi connectivity index (χ1) is 17.5. The molecule has 0 radical (unpaired) electrons. The van der Waals surface area contributed by atoms with Gasteiger partial charge < -0.3 is 19.7 Å². The van der Waals surface area contributed by atoms with E-state index in [0.717, 1.165) is 31.2 Å². The van der Waals surface area contributed by atoms with Crippen molar-refractivity contribution < 1.29 is 28.7 Å². The van der Waals surface area contributed by atoms with Gasteiger partial charge >= 0.3 is 0 Å². The van der Waals surface area contributed by atoms with Crippen LogP contribution in [0.3, 0.4) is 0 Å². The van der Waals surface area contributed by atoms with Gasteiger partial charge in [0.15, 0.2) is 5.69 Å². The van der Waals surface area contributed by atoms with Gasteiger partial charge in [0.05, 0.1) is 13.7 Å². The Balaban J connectivity index is 1.13. The van der Waals surface area contributed by atoms with Crippen LogP contribution in [0.5, 0.6) is 11.6 Å². The van der Waals surface area contributed by atoms with E-state index in [9.17, 15) is 19.2 Å². The zero-order chi connectivity index (χ0) is 25.5. The van der Waals surface area contributed by atoms with E-state index in [1.807, 2.05) is 6.07 Å². The summed E-state index contributed by atoms with van der Waals surface area (Å²) >= 11 is 0. The number of amides is 4. The summed E-state index contributed by atoms with van der Waals surface area (Å²) in [7, 11) is 1.49. The van der Waals surface area contributed by atoms with Crippen LogP contribution < -0.4 is 20.1 Å². The van der Waals surface area contributed by atoms with Crippen molar-refractivity contribution in [2.45, 2.75) is 51.1 Å². The molecule has 4 rings (SSSR count). The summed E-state index contributed by atoms with van der Waals surface area (Å²) in [6.45, 7) is 1.42. The zero-order valence-electron chi connectivity index (χ0n) is 20.1. The van der Waals surface area contributed by atoms with Gasteiger partial charge in [-0.3, -0.25) is 24.5 Å². The van der Waals surface area contributed by atoms with Gasteiger partial charge in [0.1, 0.15) is 11.8 Å². The largest absolute Gasteiger partial charge is 0.494 e. The van der Waals surface area contributed by atoms with Crippen LogP contribution in [0.15, 0.2) is 30.3 Å². The number of unbranched alkanes of at least 4 members (excludes halogenated alkanes) is 3. The van der Waals surface area contributed by atoms with Crippen molar-refractivity contribution in [1.82, 2.24) is 25.7 Å². The summed E-state index contributed by atoms with van der Waals surface area (Å²) < 4.78 is 10.8. The number of fused-ring (bicyclic) bond motifs is 1. The van der Waals surface area contributed by atoms with Crippen LogP contribution in [0.2, 0.25) is 0 Å². The van der Waals surface area contributed by atoms with Gasteiger partial charge in [-0.15, -0.1) is 10.2 Å². The number of nitrogens with one attached hydrogen (secondary N) is 2. The Morgan fingerprint density at radius 1 is 1.11 bits per heavy atom. The number of carbonyl (C=O) groups is 4. The number of aromatic nitrogens is 2. The van der Waals surface area contributed by atoms with E-state index in [0.29, 0.717) is 43.3 Å². The molecule has 1 fully saturated rings. The number of hydrogen-bond acceptors (Lipinski definition) is 8. The lowest BCUT2D eigenvalue weighted by atomic mass is 10.0. The summed E-state index contributed by atoms with van der Waals surface area (Å²) in [5, 5.41) is 12.7. The normalized spacial score (nSPS) is 17.0. The van der Waals surface area contributed by atoms with E-state index in [-0.39, 0.29) is 29.8 Å². The minimum atomic E-state index is -0.624. The van der Waals surface area contributed by atoms with Crippen molar-refractivity contribution in [2.75, 3.05) is 20.3 Å². The number of nitrogens with zero attached hydrogens (tertiary/aromatic N) is 3. The molecule has 2 aliphatic rings. The number of piperidine rings is 1. The Kier molecular flexibility index (Phi) is 8.09. The Morgan fingerprint density at radius 2 is 1.94 bits per heavy atom. The summed E-state index contributed by atoms with van der Waals surface area (Å²) in [4.78, 5) is 49.9. The van der Waals surface area contributed by atoms with Crippen LogP contribution in [0, 0.1) is 0 Å². The molecule has 1 saturated heterocycles. The molecule has 0 bridgehead atoms. The van der Waals surface area contributed by atoms with Gasteiger partial charge in [-0.25, -0.2) is 0 Å². The van der Waals surface area contributed by atoms with Gasteiger partial charge in [-0.2, -0.15) is 0 Å². The first-order valence-electron chi connectivity index (χ1n) is 12.0. The van der Waals surface area contributed by atoms with Crippen LogP contribution in [-0.4, -0.2) is 65.0 Å². The summed E-state index contributed by atoms with van der Waals surface area (Å²) in [5.74, 6) is -0.144. The van der Waals surface area contributed by atoms with E-state index in [1.165, 1.54) is 12.0 Å². The van der Waals surface area contributed by atoms with Gasteiger partial charge in [0.2, 0.25) is 17.7 Å². The van der Waals surface area contributed by atoms with Gasteiger partial charge in [0, 0.05) is 31.1 Å². The number of hydrogen-bond donors (Lipinski definition) is 2. The molecule has 0 saturated carbocycles. The molecule has 11 heteroatoms. The minimum Gasteiger partial charge on any atom is -0.494 e. The Labute approximate surface area is 208 Å². The fourth-order valence-corrected chi connectivity index (χ4v) is 4.25. The smallest absolute Gasteiger partial charge is 0.271 e. The molecule has 2 aliphatic heterocycles. The molecule has 1 unspecified atom stereocenters. The Hall–Kier alpha value is -4.02. The molecule has 2 aromatic rings. The van der Waals surface area contributed by atoms with E-state index in [4.69, 9.17) is 9.47 Å². The molecular formula is C25H29N5O6. The number of carbonyl (C=O) groups excluding carboxylic acids is 4. The molecule has 1 aromatic heterocycles. The lowest BCUT2D eigenvalue weighted by Crippen LogP contribution is -2.52. The number of ether oxygens (including phenoxy) is 2. The Bertz CT molecular complexity index is 1140. The maximum atomic E-state index is 12.8. The highest BCUT2D eigenvalue weighted by atomic mass is 16.5. The standard InChI is InChI=1S/C25H29N5O6/c1-35-22-11-8-19(28-29-22)23(32)26-12-4-2-3-5-13-36-17-6-7-18-16(14-17)15-30(25(18)34)20-9-10-21(31)27-24(20)33/h6-8,11,14,20H,2-5,9-10,12-13,15H2,1H3,(H,26,32)(H,27,31,33). The Morgan fingerprint density at radius 3 is 2.69 bits per heavy atom. The number of imide groups is 1. The van der Waals surface area contributed by atoms with Crippen molar-refractivity contribution in [2.24, 2.45) is 0 Å². The third-order valence-electron chi connectivity index (χ3n) is 6.20. The second kappa shape index (κ2) is 11.6. The molecule has 36 heavy (non-hydrogen) atoms. The zero-order valence-corrected chi connectivity index (χ0v) is 20.1. The molecular weight excluding hydrogens is 466 g/mol. The van der Waals surface area contributed by atoms with Crippen molar-refractivity contribution in [3.05, 3.63) is 47.2 Å². The average molecular weight is 496 g/mol. The predicted octanol–water partition coefficient (Wildman–Crippen LogP) is 1.62. The van der Waals surface area contributed by atoms with E-state index in [2.05, 4.69) is 20.8 Å². The molecule has 3 heterocycles. The van der Waals surface area contributed by atoms with Crippen molar-refractivity contribution in [1.29, 1.82) is 0 Å². The SMILES string of the molecule is COc1ccc(C(=O)NCCCCCCOc2ccc3c(c2)CN(C2CCC(=O)NC2=O)C3=O)nn1. The monoisotopic (exact) mass is 495 g/mol. The van der Waals surface area contributed by atoms with Crippen LogP contribution in [-0.2, 0) is 16.1 Å². The first kappa shape index (κ1) is 25.1. The van der Waals surface area contributed by atoms with Crippen LogP contribution >= 0.6 is 0 Å². The number of methoxy groups -OCH3 is 1. The topological polar surface area (TPSA) is 140 Å². The van der Waals surface area contributed by atoms with Gasteiger partial charge in [0.25, 0.3) is 11.8 Å². The maximum Gasteiger partial charge on any atom is 0.271 e. The quantitative estimate of drug-likeness (QED) is 0.354. The second-order valence-corrected chi connectivity index (χ2v) is 8.70. The van der Waals surface area contributed by atoms with E-state index >= 15 is 0 Å². The molecule has 1 aromatic carbocycles. The lowest BCUT2D eigenvalue weighted by Gasteiger charge is -2.29. The van der Waals surface area contributed by atoms with Crippen molar-refractivity contribution in [3.8, 4) is 11.6 Å². The third kappa shape index (κ3) is 5.96. The molecule has 2 N–H and O–H groups in total. The molecule has 0 spiro atoms. The summed E-state index contributed by atoms with van der Waals surface area (Å²) in [5.41, 5.74) is 1.63. The molecule has 1 atom stereocenters. The first-order valence-corrected chi connectivity index (χ1v) is 12.0.